The van der Waals surface area contributed by atoms with Gasteiger partial charge in [-0.1, -0.05) is 35.5 Å². The number of benzene rings is 1. The molecule has 3 aromatic heterocycles. The van der Waals surface area contributed by atoms with Crippen LogP contribution in [0.3, 0.4) is 0 Å². The molecule has 0 amide bonds. The minimum Gasteiger partial charge on any atom is -0.337 e. The molecule has 4 rings (SSSR count). The molecular formula is C16H12N4O2S. The summed E-state index contributed by atoms with van der Waals surface area (Å²) in [5, 5.41) is 3.73. The lowest BCUT2D eigenvalue weighted by Gasteiger charge is -2.00. The number of rotatable bonds is 3. The number of aryl methyl sites for hydroxylation is 1. The van der Waals surface area contributed by atoms with Crippen LogP contribution in [0.2, 0.25) is 0 Å². The second kappa shape index (κ2) is 5.44. The molecule has 0 aliphatic carbocycles. The number of nitrogens with zero attached hydrogens (tertiary/aromatic N) is 4. The van der Waals surface area contributed by atoms with Crippen molar-refractivity contribution in [3.8, 4) is 10.4 Å². The quantitative estimate of drug-likeness (QED) is 0.579. The van der Waals surface area contributed by atoms with Crippen molar-refractivity contribution in [2.24, 2.45) is 0 Å². The maximum atomic E-state index is 12.6. The first-order valence-electron chi connectivity index (χ1n) is 7.04. The van der Waals surface area contributed by atoms with Gasteiger partial charge in [-0.25, -0.2) is 4.98 Å². The Balaban J connectivity index is 1.77. The Hall–Kier alpha value is -2.80. The number of thiophene rings is 1. The van der Waals surface area contributed by atoms with Gasteiger partial charge in [0.05, 0.1) is 11.8 Å². The normalized spacial score (nSPS) is 11.2. The van der Waals surface area contributed by atoms with E-state index in [0.717, 1.165) is 10.4 Å². The van der Waals surface area contributed by atoms with Crippen molar-refractivity contribution >= 4 is 21.6 Å². The number of hydrogen-bond donors (Lipinski definition) is 0. The fourth-order valence-corrected chi connectivity index (χ4v) is 3.42. The topological polar surface area (TPSA) is 73.8 Å². The summed E-state index contributed by atoms with van der Waals surface area (Å²) in [6.45, 7) is 1.96. The van der Waals surface area contributed by atoms with Crippen molar-refractivity contribution in [3.05, 3.63) is 64.8 Å². The SMILES string of the molecule is Cc1noc(Cn2cnc3cc(-c4ccccc4)sc3c2=O)n1. The molecule has 0 unspecified atom stereocenters. The lowest BCUT2D eigenvalue weighted by molar-refractivity contribution is 0.366. The van der Waals surface area contributed by atoms with Crippen LogP contribution in [0.15, 0.2) is 52.0 Å². The van der Waals surface area contributed by atoms with Crippen molar-refractivity contribution in [2.75, 3.05) is 0 Å². The highest BCUT2D eigenvalue weighted by atomic mass is 32.1. The van der Waals surface area contributed by atoms with E-state index in [0.29, 0.717) is 21.9 Å². The molecule has 4 aromatic rings. The van der Waals surface area contributed by atoms with Gasteiger partial charge in [-0.2, -0.15) is 4.98 Å². The molecule has 6 nitrogen and oxygen atoms in total. The van der Waals surface area contributed by atoms with Crippen LogP contribution in [0.5, 0.6) is 0 Å². The van der Waals surface area contributed by atoms with E-state index in [4.69, 9.17) is 4.52 Å². The van der Waals surface area contributed by atoms with Gasteiger partial charge < -0.3 is 4.52 Å². The van der Waals surface area contributed by atoms with E-state index >= 15 is 0 Å². The number of hydrogen-bond acceptors (Lipinski definition) is 6. The molecule has 1 aromatic carbocycles. The Bertz CT molecular complexity index is 1030. The van der Waals surface area contributed by atoms with Crippen LogP contribution in [0, 0.1) is 6.92 Å². The zero-order valence-electron chi connectivity index (χ0n) is 12.3. The average molecular weight is 324 g/mol. The molecule has 114 valence electrons. The Morgan fingerprint density at radius 2 is 2.09 bits per heavy atom. The van der Waals surface area contributed by atoms with E-state index in [1.165, 1.54) is 22.2 Å². The molecule has 0 bridgehead atoms. The zero-order valence-corrected chi connectivity index (χ0v) is 13.1. The number of fused-ring (bicyclic) bond motifs is 1. The molecule has 23 heavy (non-hydrogen) atoms. The molecule has 0 aliphatic heterocycles. The minimum atomic E-state index is -0.0990. The van der Waals surface area contributed by atoms with Crippen LogP contribution in [0.1, 0.15) is 11.7 Å². The highest BCUT2D eigenvalue weighted by Crippen LogP contribution is 2.30. The molecule has 0 saturated carbocycles. The first-order chi connectivity index (χ1) is 11.2. The van der Waals surface area contributed by atoms with Gasteiger partial charge in [0, 0.05) is 4.88 Å². The highest BCUT2D eigenvalue weighted by Gasteiger charge is 2.12. The zero-order chi connectivity index (χ0) is 15.8. The summed E-state index contributed by atoms with van der Waals surface area (Å²) < 4.78 is 7.18. The third-order valence-electron chi connectivity index (χ3n) is 3.44. The van der Waals surface area contributed by atoms with Crippen LogP contribution in [0.4, 0.5) is 0 Å². The molecule has 7 heteroatoms. The largest absolute Gasteiger partial charge is 0.337 e. The van der Waals surface area contributed by atoms with Gasteiger partial charge in [-0.3, -0.25) is 9.36 Å². The van der Waals surface area contributed by atoms with Crippen molar-refractivity contribution in [1.29, 1.82) is 0 Å². The molecule has 0 radical (unpaired) electrons. The summed E-state index contributed by atoms with van der Waals surface area (Å²) in [5.74, 6) is 0.940. The van der Waals surface area contributed by atoms with Gasteiger partial charge in [-0.15, -0.1) is 11.3 Å². The summed E-state index contributed by atoms with van der Waals surface area (Å²) >= 11 is 1.44. The standard InChI is InChI=1S/C16H12N4O2S/c1-10-18-14(22-19-10)8-20-9-17-12-7-13(23-15(12)16(20)21)11-5-3-2-4-6-11/h2-7,9H,8H2,1H3. The van der Waals surface area contributed by atoms with E-state index < -0.39 is 0 Å². The second-order valence-corrected chi connectivity index (χ2v) is 6.16. The smallest absolute Gasteiger partial charge is 0.271 e. The third kappa shape index (κ3) is 2.55. The van der Waals surface area contributed by atoms with Crippen LogP contribution < -0.4 is 5.56 Å². The summed E-state index contributed by atoms with van der Waals surface area (Å²) in [4.78, 5) is 22.1. The van der Waals surface area contributed by atoms with E-state index in [1.807, 2.05) is 36.4 Å². The molecule has 0 spiro atoms. The molecule has 0 saturated heterocycles. The van der Waals surface area contributed by atoms with Gasteiger partial charge in [0.1, 0.15) is 11.2 Å². The van der Waals surface area contributed by atoms with E-state index in [9.17, 15) is 4.79 Å². The Morgan fingerprint density at radius 3 is 2.83 bits per heavy atom. The lowest BCUT2D eigenvalue weighted by Crippen LogP contribution is -2.20. The molecule has 0 fully saturated rings. The predicted molar refractivity (Wildman–Crippen MR) is 87.5 cm³/mol. The fraction of sp³-hybridized carbons (Fsp3) is 0.125. The summed E-state index contributed by atoms with van der Waals surface area (Å²) in [5.41, 5.74) is 1.68. The third-order valence-corrected chi connectivity index (χ3v) is 4.60. The van der Waals surface area contributed by atoms with E-state index in [2.05, 4.69) is 15.1 Å². The van der Waals surface area contributed by atoms with Crippen molar-refractivity contribution < 1.29 is 4.52 Å². The van der Waals surface area contributed by atoms with Gasteiger partial charge >= 0.3 is 0 Å². The predicted octanol–water partition coefficient (Wildman–Crippen LogP) is 2.86. The molecule has 0 N–H and O–H groups in total. The van der Waals surface area contributed by atoms with E-state index in [1.54, 1.807) is 6.92 Å². The lowest BCUT2D eigenvalue weighted by atomic mass is 10.2. The Morgan fingerprint density at radius 1 is 1.26 bits per heavy atom. The first kappa shape index (κ1) is 13.8. The van der Waals surface area contributed by atoms with Crippen molar-refractivity contribution in [3.63, 3.8) is 0 Å². The molecule has 3 heterocycles. The van der Waals surface area contributed by atoms with Gasteiger partial charge in [0.25, 0.3) is 5.56 Å². The average Bonchev–Trinajstić information content (AvgIpc) is 3.18. The summed E-state index contributed by atoms with van der Waals surface area (Å²) in [7, 11) is 0. The van der Waals surface area contributed by atoms with Crippen LogP contribution in [0.25, 0.3) is 20.7 Å². The Labute approximate surface area is 135 Å². The molecular weight excluding hydrogens is 312 g/mol. The molecule has 0 atom stereocenters. The van der Waals surface area contributed by atoms with Gasteiger partial charge in [-0.05, 0) is 18.6 Å². The maximum absolute atomic E-state index is 12.6. The highest BCUT2D eigenvalue weighted by molar-refractivity contribution is 7.22. The van der Waals surface area contributed by atoms with Crippen molar-refractivity contribution in [1.82, 2.24) is 19.7 Å². The second-order valence-electron chi connectivity index (χ2n) is 5.10. The molecule has 0 aliphatic rings. The summed E-state index contributed by atoms with van der Waals surface area (Å²) in [6.07, 6.45) is 1.52. The Kier molecular flexibility index (Phi) is 3.27. The monoisotopic (exact) mass is 324 g/mol. The maximum Gasteiger partial charge on any atom is 0.271 e. The first-order valence-corrected chi connectivity index (χ1v) is 7.86. The fourth-order valence-electron chi connectivity index (χ4n) is 2.35. The minimum absolute atomic E-state index is 0.0990. The van der Waals surface area contributed by atoms with Gasteiger partial charge in [0.2, 0.25) is 5.89 Å². The van der Waals surface area contributed by atoms with Crippen molar-refractivity contribution in [2.45, 2.75) is 13.5 Å². The number of aromatic nitrogens is 4. The van der Waals surface area contributed by atoms with Crippen LogP contribution >= 0.6 is 11.3 Å². The van der Waals surface area contributed by atoms with Crippen LogP contribution in [-0.2, 0) is 6.54 Å². The van der Waals surface area contributed by atoms with Gasteiger partial charge in [0.15, 0.2) is 5.82 Å². The van der Waals surface area contributed by atoms with E-state index in [-0.39, 0.29) is 12.1 Å². The van der Waals surface area contributed by atoms with Crippen LogP contribution in [-0.4, -0.2) is 19.7 Å². The summed E-state index contributed by atoms with van der Waals surface area (Å²) in [6, 6.07) is 11.9.